The predicted molar refractivity (Wildman–Crippen MR) is 63.5 cm³/mol. The second-order valence-electron chi connectivity index (χ2n) is 3.45. The van der Waals surface area contributed by atoms with Crippen molar-refractivity contribution >= 4 is 17.9 Å². The van der Waals surface area contributed by atoms with Gasteiger partial charge in [0, 0.05) is 0 Å². The standard InChI is InChI=1S/C10H9N5O4/c11-9-8(14-19-15-9)10(18)13-12-4-5-1-2-6(16)7(17)3-5/h1-4,16-17H,(H2,11,15)(H,13,18). The van der Waals surface area contributed by atoms with Crippen molar-refractivity contribution in [1.82, 2.24) is 15.7 Å². The van der Waals surface area contributed by atoms with Gasteiger partial charge in [-0.3, -0.25) is 4.79 Å². The molecule has 1 amide bonds. The molecule has 0 aliphatic heterocycles. The van der Waals surface area contributed by atoms with E-state index in [2.05, 4.69) is 25.5 Å². The average Bonchev–Trinajstić information content (AvgIpc) is 2.80. The van der Waals surface area contributed by atoms with Gasteiger partial charge in [-0.25, -0.2) is 10.1 Å². The number of carbonyl (C=O) groups is 1. The van der Waals surface area contributed by atoms with Gasteiger partial charge in [0.15, 0.2) is 11.5 Å². The lowest BCUT2D eigenvalue weighted by atomic mass is 10.2. The maximum Gasteiger partial charge on any atom is 0.297 e. The number of benzene rings is 1. The number of rotatable bonds is 3. The molecule has 1 heterocycles. The molecule has 9 heteroatoms. The lowest BCUT2D eigenvalue weighted by molar-refractivity contribution is 0.0946. The Morgan fingerprint density at radius 1 is 1.37 bits per heavy atom. The van der Waals surface area contributed by atoms with Crippen LogP contribution in [0.3, 0.4) is 0 Å². The van der Waals surface area contributed by atoms with Gasteiger partial charge in [-0.15, -0.1) is 0 Å². The smallest absolute Gasteiger partial charge is 0.297 e. The fourth-order valence-corrected chi connectivity index (χ4v) is 1.19. The van der Waals surface area contributed by atoms with Crippen LogP contribution in [-0.4, -0.2) is 32.6 Å². The molecule has 0 spiro atoms. The summed E-state index contributed by atoms with van der Waals surface area (Å²) in [4.78, 5) is 11.5. The van der Waals surface area contributed by atoms with Crippen LogP contribution in [0.15, 0.2) is 27.9 Å². The van der Waals surface area contributed by atoms with Crippen LogP contribution in [0.4, 0.5) is 5.82 Å². The summed E-state index contributed by atoms with van der Waals surface area (Å²) in [5.74, 6) is -1.36. The molecule has 0 saturated heterocycles. The number of nitrogens with one attached hydrogen (secondary N) is 1. The molecule has 9 nitrogen and oxygen atoms in total. The maximum atomic E-state index is 11.5. The Hall–Kier alpha value is -3.10. The Balaban J connectivity index is 2.02. The number of nitrogens with zero attached hydrogens (tertiary/aromatic N) is 3. The van der Waals surface area contributed by atoms with Crippen LogP contribution < -0.4 is 11.2 Å². The molecule has 0 fully saturated rings. The number of hydrogen-bond acceptors (Lipinski definition) is 8. The summed E-state index contributed by atoms with van der Waals surface area (Å²) in [6, 6.07) is 4.06. The molecule has 1 aromatic heterocycles. The van der Waals surface area contributed by atoms with Gasteiger partial charge in [0.25, 0.3) is 5.91 Å². The zero-order valence-corrected chi connectivity index (χ0v) is 9.44. The highest BCUT2D eigenvalue weighted by molar-refractivity contribution is 5.96. The molecule has 5 N–H and O–H groups in total. The first kappa shape index (κ1) is 12.4. The second kappa shape index (κ2) is 5.04. The van der Waals surface area contributed by atoms with Crippen LogP contribution in [-0.2, 0) is 0 Å². The highest BCUT2D eigenvalue weighted by Gasteiger charge is 2.14. The first-order valence-corrected chi connectivity index (χ1v) is 5.01. The zero-order chi connectivity index (χ0) is 13.8. The van der Waals surface area contributed by atoms with Crippen molar-refractivity contribution in [3.05, 3.63) is 29.5 Å². The van der Waals surface area contributed by atoms with Crippen LogP contribution in [0.25, 0.3) is 0 Å². The van der Waals surface area contributed by atoms with Gasteiger partial charge >= 0.3 is 0 Å². The summed E-state index contributed by atoms with van der Waals surface area (Å²) in [6.07, 6.45) is 1.26. The fourth-order valence-electron chi connectivity index (χ4n) is 1.19. The molecular weight excluding hydrogens is 254 g/mol. The van der Waals surface area contributed by atoms with Gasteiger partial charge in [0.1, 0.15) is 0 Å². The molecule has 0 aliphatic rings. The third-order valence-corrected chi connectivity index (χ3v) is 2.11. The van der Waals surface area contributed by atoms with Crippen LogP contribution >= 0.6 is 0 Å². The number of anilines is 1. The zero-order valence-electron chi connectivity index (χ0n) is 9.44. The van der Waals surface area contributed by atoms with Gasteiger partial charge in [-0.05, 0) is 34.1 Å². The Labute approximate surface area is 106 Å². The molecule has 0 radical (unpaired) electrons. The van der Waals surface area contributed by atoms with Crippen molar-refractivity contribution in [1.29, 1.82) is 0 Å². The quantitative estimate of drug-likeness (QED) is 0.341. The summed E-state index contributed by atoms with van der Waals surface area (Å²) in [5, 5.41) is 28.5. The van der Waals surface area contributed by atoms with Gasteiger partial charge in [0.05, 0.1) is 6.21 Å². The molecule has 0 atom stereocenters. The van der Waals surface area contributed by atoms with E-state index in [9.17, 15) is 9.90 Å². The number of phenols is 2. The van der Waals surface area contributed by atoms with E-state index in [0.29, 0.717) is 5.56 Å². The normalized spacial score (nSPS) is 10.7. The number of aromatic hydroxyl groups is 2. The van der Waals surface area contributed by atoms with E-state index < -0.39 is 5.91 Å². The minimum absolute atomic E-state index is 0.144. The third-order valence-electron chi connectivity index (χ3n) is 2.11. The van der Waals surface area contributed by atoms with E-state index in [-0.39, 0.29) is 23.0 Å². The summed E-state index contributed by atoms with van der Waals surface area (Å²) >= 11 is 0. The van der Waals surface area contributed by atoms with Crippen LogP contribution in [0.2, 0.25) is 0 Å². The molecule has 0 saturated carbocycles. The van der Waals surface area contributed by atoms with Crippen molar-refractivity contribution in [2.24, 2.45) is 5.10 Å². The van der Waals surface area contributed by atoms with E-state index in [1.807, 2.05) is 0 Å². The Bertz CT molecular complexity index is 637. The van der Waals surface area contributed by atoms with Gasteiger partial charge in [0.2, 0.25) is 11.5 Å². The molecule has 19 heavy (non-hydrogen) atoms. The molecule has 0 aliphatic carbocycles. The summed E-state index contributed by atoms with van der Waals surface area (Å²) in [5.41, 5.74) is 7.77. The number of nitrogen functional groups attached to an aromatic ring is 1. The molecular formula is C10H9N5O4. The van der Waals surface area contributed by atoms with Gasteiger partial charge in [-0.1, -0.05) is 0 Å². The SMILES string of the molecule is Nc1nonc1C(=O)NN=Cc1ccc(O)c(O)c1. The molecule has 0 bridgehead atoms. The first-order valence-electron chi connectivity index (χ1n) is 5.01. The summed E-state index contributed by atoms with van der Waals surface area (Å²) < 4.78 is 4.26. The summed E-state index contributed by atoms with van der Waals surface area (Å²) in [6.45, 7) is 0. The number of phenolic OH excluding ortho intramolecular Hbond substituents is 2. The van der Waals surface area contributed by atoms with Crippen LogP contribution in [0, 0.1) is 0 Å². The fraction of sp³-hybridized carbons (Fsp3) is 0. The van der Waals surface area contributed by atoms with E-state index in [1.165, 1.54) is 24.4 Å². The van der Waals surface area contributed by atoms with Crippen LogP contribution in [0.1, 0.15) is 16.1 Å². The number of hydrazone groups is 1. The molecule has 2 aromatic rings. The topological polar surface area (TPSA) is 147 Å². The van der Waals surface area contributed by atoms with Crippen molar-refractivity contribution in [3.8, 4) is 11.5 Å². The molecule has 98 valence electrons. The van der Waals surface area contributed by atoms with Crippen LogP contribution in [0.5, 0.6) is 11.5 Å². The molecule has 1 aromatic carbocycles. The Kier molecular flexibility index (Phi) is 3.28. The monoisotopic (exact) mass is 263 g/mol. The average molecular weight is 263 g/mol. The number of carbonyl (C=O) groups excluding carboxylic acids is 1. The lowest BCUT2D eigenvalue weighted by Gasteiger charge is -1.98. The van der Waals surface area contributed by atoms with Gasteiger partial charge < -0.3 is 15.9 Å². The predicted octanol–water partition coefficient (Wildman–Crippen LogP) is -0.173. The van der Waals surface area contributed by atoms with Crippen molar-refractivity contribution < 1.29 is 19.6 Å². The largest absolute Gasteiger partial charge is 0.504 e. The molecule has 0 unspecified atom stereocenters. The van der Waals surface area contributed by atoms with Crippen molar-refractivity contribution in [3.63, 3.8) is 0 Å². The van der Waals surface area contributed by atoms with Crippen molar-refractivity contribution in [2.75, 3.05) is 5.73 Å². The number of amides is 1. The van der Waals surface area contributed by atoms with E-state index in [0.717, 1.165) is 0 Å². The maximum absolute atomic E-state index is 11.5. The first-order chi connectivity index (χ1) is 9.08. The highest BCUT2D eigenvalue weighted by atomic mass is 16.6. The second-order valence-corrected chi connectivity index (χ2v) is 3.45. The number of hydrogen-bond donors (Lipinski definition) is 4. The summed E-state index contributed by atoms with van der Waals surface area (Å²) in [7, 11) is 0. The third kappa shape index (κ3) is 2.77. The highest BCUT2D eigenvalue weighted by Crippen LogP contribution is 2.23. The van der Waals surface area contributed by atoms with E-state index in [1.54, 1.807) is 0 Å². The number of nitrogens with two attached hydrogens (primary N) is 1. The Morgan fingerprint density at radius 3 is 2.79 bits per heavy atom. The van der Waals surface area contributed by atoms with E-state index >= 15 is 0 Å². The van der Waals surface area contributed by atoms with Crippen molar-refractivity contribution in [2.45, 2.75) is 0 Å². The van der Waals surface area contributed by atoms with E-state index in [4.69, 9.17) is 10.8 Å². The molecule has 2 rings (SSSR count). The van der Waals surface area contributed by atoms with Gasteiger partial charge in [-0.2, -0.15) is 5.10 Å². The minimum atomic E-state index is -0.682. The minimum Gasteiger partial charge on any atom is -0.504 e. The Morgan fingerprint density at radius 2 is 2.16 bits per heavy atom. The lowest BCUT2D eigenvalue weighted by Crippen LogP contribution is -2.19. The number of aromatic nitrogens is 2.